The summed E-state index contributed by atoms with van der Waals surface area (Å²) in [6.45, 7) is 0. The monoisotopic (exact) mass is 272 g/mol. The van der Waals surface area contributed by atoms with E-state index >= 15 is 0 Å². The van der Waals surface area contributed by atoms with Crippen LogP contribution in [0.5, 0.6) is 0 Å². The standard InChI is InChI=1S/C9H10BrFN4/c10-4-6-2-1-3-8(11)7(6)5-14-15-9(12)13/h1-3,5H,4H2,(H4,12,13,15). The lowest BCUT2D eigenvalue weighted by Gasteiger charge is -2.01. The number of rotatable bonds is 3. The van der Waals surface area contributed by atoms with Gasteiger partial charge >= 0.3 is 0 Å². The fraction of sp³-hybridized carbons (Fsp3) is 0.111. The van der Waals surface area contributed by atoms with Crippen molar-refractivity contribution >= 4 is 28.1 Å². The van der Waals surface area contributed by atoms with E-state index in [4.69, 9.17) is 11.5 Å². The molecule has 4 nitrogen and oxygen atoms in total. The van der Waals surface area contributed by atoms with Crippen LogP contribution in [0.25, 0.3) is 0 Å². The summed E-state index contributed by atoms with van der Waals surface area (Å²) in [5.74, 6) is -0.524. The predicted octanol–water partition coefficient (Wildman–Crippen LogP) is 1.33. The zero-order chi connectivity index (χ0) is 11.3. The molecule has 1 rings (SSSR count). The van der Waals surface area contributed by atoms with Crippen LogP contribution < -0.4 is 11.5 Å². The summed E-state index contributed by atoms with van der Waals surface area (Å²) < 4.78 is 13.3. The first-order chi connectivity index (χ1) is 7.15. The molecule has 0 saturated heterocycles. The molecule has 0 amide bonds. The lowest BCUT2D eigenvalue weighted by atomic mass is 10.1. The zero-order valence-corrected chi connectivity index (χ0v) is 9.41. The highest BCUT2D eigenvalue weighted by Gasteiger charge is 2.04. The second-order valence-electron chi connectivity index (χ2n) is 2.72. The molecule has 0 unspecified atom stereocenters. The molecule has 1 aromatic rings. The van der Waals surface area contributed by atoms with Crippen molar-refractivity contribution in [2.75, 3.05) is 0 Å². The van der Waals surface area contributed by atoms with Gasteiger partial charge in [-0.05, 0) is 11.6 Å². The van der Waals surface area contributed by atoms with Crippen molar-refractivity contribution in [2.24, 2.45) is 21.7 Å². The summed E-state index contributed by atoms with van der Waals surface area (Å²) >= 11 is 3.25. The van der Waals surface area contributed by atoms with Crippen LogP contribution >= 0.6 is 15.9 Å². The van der Waals surface area contributed by atoms with E-state index in [-0.39, 0.29) is 11.8 Å². The topological polar surface area (TPSA) is 76.8 Å². The minimum atomic E-state index is -0.360. The number of nitrogens with two attached hydrogens (primary N) is 2. The molecule has 0 saturated carbocycles. The maximum atomic E-state index is 13.3. The quantitative estimate of drug-likeness (QED) is 0.377. The van der Waals surface area contributed by atoms with Crippen LogP contribution in [-0.4, -0.2) is 12.2 Å². The van der Waals surface area contributed by atoms with E-state index in [0.29, 0.717) is 10.9 Å². The van der Waals surface area contributed by atoms with Crippen LogP contribution in [0.3, 0.4) is 0 Å². The number of halogens is 2. The highest BCUT2D eigenvalue weighted by molar-refractivity contribution is 9.08. The number of benzene rings is 1. The maximum Gasteiger partial charge on any atom is 0.211 e. The third-order valence-electron chi connectivity index (χ3n) is 1.65. The zero-order valence-electron chi connectivity index (χ0n) is 7.82. The van der Waals surface area contributed by atoms with Crippen molar-refractivity contribution < 1.29 is 4.39 Å². The summed E-state index contributed by atoms with van der Waals surface area (Å²) in [5.41, 5.74) is 11.3. The molecule has 6 heteroatoms. The summed E-state index contributed by atoms with van der Waals surface area (Å²) in [5, 5.41) is 7.49. The van der Waals surface area contributed by atoms with Gasteiger partial charge in [0.2, 0.25) is 5.96 Å². The summed E-state index contributed by atoms with van der Waals surface area (Å²) in [6.07, 6.45) is 1.28. The fourth-order valence-electron chi connectivity index (χ4n) is 0.996. The van der Waals surface area contributed by atoms with Crippen LogP contribution in [0.4, 0.5) is 4.39 Å². The van der Waals surface area contributed by atoms with Gasteiger partial charge < -0.3 is 11.5 Å². The Bertz CT molecular complexity index is 399. The second-order valence-corrected chi connectivity index (χ2v) is 3.28. The third kappa shape index (κ3) is 3.32. The lowest BCUT2D eigenvalue weighted by Crippen LogP contribution is -2.21. The van der Waals surface area contributed by atoms with Gasteiger partial charge in [-0.25, -0.2) is 4.39 Å². The Morgan fingerprint density at radius 3 is 2.80 bits per heavy atom. The van der Waals surface area contributed by atoms with E-state index in [1.165, 1.54) is 12.3 Å². The van der Waals surface area contributed by atoms with Gasteiger partial charge in [0.1, 0.15) is 5.82 Å². The lowest BCUT2D eigenvalue weighted by molar-refractivity contribution is 0.624. The van der Waals surface area contributed by atoms with Gasteiger partial charge in [-0.3, -0.25) is 0 Å². The number of hydrogen-bond donors (Lipinski definition) is 2. The predicted molar refractivity (Wildman–Crippen MR) is 62.4 cm³/mol. The molecular formula is C9H10BrFN4. The van der Waals surface area contributed by atoms with E-state index in [2.05, 4.69) is 26.1 Å². The normalized spacial score (nSPS) is 10.5. The van der Waals surface area contributed by atoms with Crippen LogP contribution in [0.15, 0.2) is 28.4 Å². The first-order valence-corrected chi connectivity index (χ1v) is 5.22. The average Bonchev–Trinajstić information content (AvgIpc) is 2.20. The summed E-state index contributed by atoms with van der Waals surface area (Å²) in [6, 6.07) is 4.77. The smallest absolute Gasteiger partial charge is 0.211 e. The molecule has 0 fully saturated rings. The average molecular weight is 273 g/mol. The summed E-state index contributed by atoms with van der Waals surface area (Å²) in [7, 11) is 0. The van der Waals surface area contributed by atoms with Crippen molar-refractivity contribution in [3.8, 4) is 0 Å². The van der Waals surface area contributed by atoms with Gasteiger partial charge in [0.05, 0.1) is 6.21 Å². The Morgan fingerprint density at radius 1 is 1.47 bits per heavy atom. The van der Waals surface area contributed by atoms with Crippen LogP contribution in [0.2, 0.25) is 0 Å². The number of hydrogen-bond acceptors (Lipinski definition) is 2. The molecule has 0 aliphatic carbocycles. The van der Waals surface area contributed by atoms with Crippen molar-refractivity contribution in [2.45, 2.75) is 5.33 Å². The largest absolute Gasteiger partial charge is 0.369 e. The Kier molecular flexibility index (Phi) is 4.23. The molecule has 4 N–H and O–H groups in total. The SMILES string of the molecule is NC(N)=NN=Cc1c(F)cccc1CBr. The maximum absolute atomic E-state index is 13.3. The molecule has 0 aliphatic rings. The minimum Gasteiger partial charge on any atom is -0.369 e. The summed E-state index contributed by atoms with van der Waals surface area (Å²) in [4.78, 5) is 0. The van der Waals surface area contributed by atoms with Crippen molar-refractivity contribution in [3.63, 3.8) is 0 Å². The highest BCUT2D eigenvalue weighted by Crippen LogP contribution is 2.14. The molecule has 0 bridgehead atoms. The number of nitrogens with zero attached hydrogens (tertiary/aromatic N) is 2. The first-order valence-electron chi connectivity index (χ1n) is 4.10. The molecule has 80 valence electrons. The molecule has 0 heterocycles. The molecule has 0 aromatic heterocycles. The van der Waals surface area contributed by atoms with Crippen molar-refractivity contribution in [1.82, 2.24) is 0 Å². The van der Waals surface area contributed by atoms with E-state index < -0.39 is 0 Å². The number of guanidine groups is 1. The Morgan fingerprint density at radius 2 is 2.20 bits per heavy atom. The molecule has 15 heavy (non-hydrogen) atoms. The first kappa shape index (κ1) is 11.6. The van der Waals surface area contributed by atoms with Gasteiger partial charge in [0.15, 0.2) is 0 Å². The number of alkyl halides is 1. The molecule has 0 spiro atoms. The molecule has 0 radical (unpaired) electrons. The van der Waals surface area contributed by atoms with Gasteiger partial charge in [0, 0.05) is 10.9 Å². The Hall–Kier alpha value is -1.43. The highest BCUT2D eigenvalue weighted by atomic mass is 79.9. The molecule has 0 aliphatic heterocycles. The second kappa shape index (κ2) is 5.45. The Balaban J connectivity index is 3.02. The third-order valence-corrected chi connectivity index (χ3v) is 2.25. The van der Waals surface area contributed by atoms with Gasteiger partial charge in [-0.2, -0.15) is 5.10 Å². The van der Waals surface area contributed by atoms with E-state index in [1.54, 1.807) is 12.1 Å². The molecule has 1 aromatic carbocycles. The van der Waals surface area contributed by atoms with Gasteiger partial charge in [0.25, 0.3) is 0 Å². The van der Waals surface area contributed by atoms with Gasteiger partial charge in [-0.1, -0.05) is 28.1 Å². The Labute approximate surface area is 95.0 Å². The molecule has 0 atom stereocenters. The molecular weight excluding hydrogens is 263 g/mol. The van der Waals surface area contributed by atoms with Crippen LogP contribution in [0.1, 0.15) is 11.1 Å². The van der Waals surface area contributed by atoms with Gasteiger partial charge in [-0.15, -0.1) is 5.10 Å². The van der Waals surface area contributed by atoms with Crippen LogP contribution in [-0.2, 0) is 5.33 Å². The van der Waals surface area contributed by atoms with Crippen LogP contribution in [0, 0.1) is 5.82 Å². The van der Waals surface area contributed by atoms with Crippen molar-refractivity contribution in [3.05, 3.63) is 35.1 Å². The van der Waals surface area contributed by atoms with E-state index in [0.717, 1.165) is 5.56 Å². The fourth-order valence-corrected chi connectivity index (χ4v) is 1.49. The van der Waals surface area contributed by atoms with E-state index in [1.807, 2.05) is 0 Å². The van der Waals surface area contributed by atoms with Crippen molar-refractivity contribution in [1.29, 1.82) is 0 Å². The minimum absolute atomic E-state index is 0.164. The van der Waals surface area contributed by atoms with E-state index in [9.17, 15) is 4.39 Å².